The monoisotopic (exact) mass is 366 g/mol. The molecule has 0 bridgehead atoms. The Kier molecular flexibility index (Phi) is 5.58. The summed E-state index contributed by atoms with van der Waals surface area (Å²) >= 11 is 0. The average molecular weight is 366 g/mol. The normalized spacial score (nSPS) is 20.2. The maximum absolute atomic E-state index is 12.4. The van der Waals surface area contributed by atoms with Crippen LogP contribution in [0.15, 0.2) is 54.6 Å². The van der Waals surface area contributed by atoms with Gasteiger partial charge in [0.2, 0.25) is 5.91 Å². The van der Waals surface area contributed by atoms with Gasteiger partial charge in [-0.2, -0.15) is 0 Å². The van der Waals surface area contributed by atoms with Crippen LogP contribution in [0.5, 0.6) is 11.5 Å². The van der Waals surface area contributed by atoms with Crippen molar-refractivity contribution < 1.29 is 14.3 Å². The van der Waals surface area contributed by atoms with E-state index in [-0.39, 0.29) is 17.9 Å². The molecule has 0 aliphatic carbocycles. The quantitative estimate of drug-likeness (QED) is 0.884. The van der Waals surface area contributed by atoms with Crippen molar-refractivity contribution in [2.75, 3.05) is 26.2 Å². The molecular formula is C22H26N2O3. The van der Waals surface area contributed by atoms with E-state index in [2.05, 4.69) is 10.2 Å². The Morgan fingerprint density at radius 3 is 2.48 bits per heavy atom. The number of piperidine rings is 1. The molecular weight excluding hydrogens is 340 g/mol. The molecule has 2 aliphatic rings. The number of nitrogens with one attached hydrogen (secondary N) is 1. The summed E-state index contributed by atoms with van der Waals surface area (Å²) in [6, 6.07) is 17.8. The second-order valence-corrected chi connectivity index (χ2v) is 7.28. The van der Waals surface area contributed by atoms with E-state index in [0.717, 1.165) is 49.5 Å². The fourth-order valence-corrected chi connectivity index (χ4v) is 3.75. The summed E-state index contributed by atoms with van der Waals surface area (Å²) in [6.07, 6.45) is 1.83. The highest BCUT2D eigenvalue weighted by molar-refractivity contribution is 5.78. The number of benzene rings is 2. The number of carbonyl (C=O) groups excluding carboxylic acids is 1. The molecule has 0 radical (unpaired) electrons. The highest BCUT2D eigenvalue weighted by atomic mass is 16.6. The number of hydrogen-bond acceptors (Lipinski definition) is 4. The van der Waals surface area contributed by atoms with E-state index in [1.807, 2.05) is 54.6 Å². The molecule has 1 atom stereocenters. The smallest absolute Gasteiger partial charge is 0.223 e. The van der Waals surface area contributed by atoms with Gasteiger partial charge in [-0.15, -0.1) is 0 Å². The molecule has 142 valence electrons. The van der Waals surface area contributed by atoms with Gasteiger partial charge in [0.15, 0.2) is 11.5 Å². The van der Waals surface area contributed by atoms with E-state index >= 15 is 0 Å². The van der Waals surface area contributed by atoms with Crippen LogP contribution in [-0.2, 0) is 11.3 Å². The van der Waals surface area contributed by atoms with Gasteiger partial charge in [-0.3, -0.25) is 9.69 Å². The second kappa shape index (κ2) is 8.44. The van der Waals surface area contributed by atoms with Crippen molar-refractivity contribution in [2.24, 2.45) is 5.92 Å². The summed E-state index contributed by atoms with van der Waals surface area (Å²) in [6.45, 7) is 3.86. The van der Waals surface area contributed by atoms with Crippen LogP contribution < -0.4 is 14.8 Å². The zero-order chi connectivity index (χ0) is 18.5. The maximum atomic E-state index is 12.4. The Hall–Kier alpha value is -2.53. The Labute approximate surface area is 160 Å². The van der Waals surface area contributed by atoms with Crippen LogP contribution in [0.4, 0.5) is 0 Å². The molecule has 1 unspecified atom stereocenters. The standard InChI is InChI=1S/C22H26N2O3/c25-22(23-14-17-6-2-1-3-7-17)18-10-12-24(13-11-18)15-19-16-26-20-8-4-5-9-21(20)27-19/h1-9,18-19H,10-16H2,(H,23,25). The molecule has 0 saturated carbocycles. The molecule has 2 heterocycles. The van der Waals surface area contributed by atoms with E-state index in [1.165, 1.54) is 0 Å². The number of nitrogens with zero attached hydrogens (tertiary/aromatic N) is 1. The van der Waals surface area contributed by atoms with Crippen LogP contribution in [-0.4, -0.2) is 43.2 Å². The first-order valence-corrected chi connectivity index (χ1v) is 9.70. The highest BCUT2D eigenvalue weighted by Crippen LogP contribution is 2.31. The molecule has 5 nitrogen and oxygen atoms in total. The molecule has 5 heteroatoms. The van der Waals surface area contributed by atoms with Crippen LogP contribution >= 0.6 is 0 Å². The molecule has 2 aromatic carbocycles. The minimum atomic E-state index is 0.0448. The lowest BCUT2D eigenvalue weighted by atomic mass is 9.95. The second-order valence-electron chi connectivity index (χ2n) is 7.28. The Bertz CT molecular complexity index is 757. The van der Waals surface area contributed by atoms with Crippen molar-refractivity contribution >= 4 is 5.91 Å². The minimum absolute atomic E-state index is 0.0448. The highest BCUT2D eigenvalue weighted by Gasteiger charge is 2.28. The lowest BCUT2D eigenvalue weighted by molar-refractivity contribution is -0.126. The SMILES string of the molecule is O=C(NCc1ccccc1)C1CCN(CC2COc3ccccc3O2)CC1. The van der Waals surface area contributed by atoms with E-state index in [1.54, 1.807) is 0 Å². The number of likely N-dealkylation sites (tertiary alicyclic amines) is 1. The number of para-hydroxylation sites is 2. The lowest BCUT2D eigenvalue weighted by Crippen LogP contribution is -2.46. The Morgan fingerprint density at radius 2 is 1.70 bits per heavy atom. The molecule has 1 fully saturated rings. The summed E-state index contributed by atoms with van der Waals surface area (Å²) in [5.41, 5.74) is 1.14. The Morgan fingerprint density at radius 1 is 1.00 bits per heavy atom. The third-order valence-corrected chi connectivity index (χ3v) is 5.30. The average Bonchev–Trinajstić information content (AvgIpc) is 2.73. The predicted molar refractivity (Wildman–Crippen MR) is 104 cm³/mol. The molecule has 1 N–H and O–H groups in total. The largest absolute Gasteiger partial charge is 0.486 e. The maximum Gasteiger partial charge on any atom is 0.223 e. The summed E-state index contributed by atoms with van der Waals surface area (Å²) in [5, 5.41) is 3.07. The van der Waals surface area contributed by atoms with E-state index < -0.39 is 0 Å². The van der Waals surface area contributed by atoms with E-state index in [4.69, 9.17) is 9.47 Å². The molecule has 2 aliphatic heterocycles. The topological polar surface area (TPSA) is 50.8 Å². The lowest BCUT2D eigenvalue weighted by Gasteiger charge is -2.35. The minimum Gasteiger partial charge on any atom is -0.486 e. The summed E-state index contributed by atoms with van der Waals surface area (Å²) in [7, 11) is 0. The van der Waals surface area contributed by atoms with Crippen LogP contribution in [0.25, 0.3) is 0 Å². The third-order valence-electron chi connectivity index (χ3n) is 5.30. The van der Waals surface area contributed by atoms with Gasteiger partial charge >= 0.3 is 0 Å². The van der Waals surface area contributed by atoms with Crippen molar-refractivity contribution in [3.8, 4) is 11.5 Å². The first kappa shape index (κ1) is 17.9. The van der Waals surface area contributed by atoms with Crippen LogP contribution in [0, 0.1) is 5.92 Å². The molecule has 0 aromatic heterocycles. The van der Waals surface area contributed by atoms with Gasteiger partial charge in [-0.1, -0.05) is 42.5 Å². The first-order valence-electron chi connectivity index (χ1n) is 9.70. The van der Waals surface area contributed by atoms with Crippen LogP contribution in [0.1, 0.15) is 18.4 Å². The molecule has 1 amide bonds. The molecule has 0 spiro atoms. The van der Waals surface area contributed by atoms with Crippen molar-refractivity contribution in [3.63, 3.8) is 0 Å². The fourth-order valence-electron chi connectivity index (χ4n) is 3.75. The fraction of sp³-hybridized carbons (Fsp3) is 0.409. The number of carbonyl (C=O) groups is 1. The zero-order valence-corrected chi connectivity index (χ0v) is 15.5. The summed E-state index contributed by atoms with van der Waals surface area (Å²) < 4.78 is 11.8. The van der Waals surface area contributed by atoms with Crippen molar-refractivity contribution in [1.82, 2.24) is 10.2 Å². The van der Waals surface area contributed by atoms with Gasteiger partial charge in [0.25, 0.3) is 0 Å². The zero-order valence-electron chi connectivity index (χ0n) is 15.5. The number of fused-ring (bicyclic) bond motifs is 1. The van der Waals surface area contributed by atoms with Crippen molar-refractivity contribution in [3.05, 3.63) is 60.2 Å². The van der Waals surface area contributed by atoms with Crippen LogP contribution in [0.2, 0.25) is 0 Å². The predicted octanol–water partition coefficient (Wildman–Crippen LogP) is 2.85. The van der Waals surface area contributed by atoms with Gasteiger partial charge in [-0.25, -0.2) is 0 Å². The summed E-state index contributed by atoms with van der Waals surface area (Å²) in [4.78, 5) is 14.8. The Balaban J connectivity index is 1.21. The summed E-state index contributed by atoms with van der Waals surface area (Å²) in [5.74, 6) is 1.92. The van der Waals surface area contributed by atoms with Crippen molar-refractivity contribution in [2.45, 2.75) is 25.5 Å². The first-order chi connectivity index (χ1) is 13.3. The molecule has 27 heavy (non-hydrogen) atoms. The van der Waals surface area contributed by atoms with E-state index in [0.29, 0.717) is 13.2 Å². The molecule has 4 rings (SSSR count). The molecule has 2 aromatic rings. The van der Waals surface area contributed by atoms with Gasteiger partial charge in [0, 0.05) is 19.0 Å². The molecule has 1 saturated heterocycles. The number of rotatable bonds is 5. The third kappa shape index (κ3) is 4.61. The van der Waals surface area contributed by atoms with Gasteiger partial charge in [0.05, 0.1) is 0 Å². The number of ether oxygens (including phenoxy) is 2. The van der Waals surface area contributed by atoms with E-state index in [9.17, 15) is 4.79 Å². The van der Waals surface area contributed by atoms with Crippen molar-refractivity contribution in [1.29, 1.82) is 0 Å². The number of amides is 1. The van der Waals surface area contributed by atoms with Crippen LogP contribution in [0.3, 0.4) is 0 Å². The van der Waals surface area contributed by atoms with Gasteiger partial charge < -0.3 is 14.8 Å². The van der Waals surface area contributed by atoms with Gasteiger partial charge in [-0.05, 0) is 43.6 Å². The van der Waals surface area contributed by atoms with Gasteiger partial charge in [0.1, 0.15) is 12.7 Å². The number of hydrogen-bond donors (Lipinski definition) is 1.